The number of halogens is 1. The summed E-state index contributed by atoms with van der Waals surface area (Å²) in [6.07, 6.45) is 0. The number of nitrogens with one attached hydrogen (secondary N) is 1. The molecule has 1 aliphatic heterocycles. The molecule has 0 unspecified atom stereocenters. The second kappa shape index (κ2) is 8.33. The van der Waals surface area contributed by atoms with E-state index in [9.17, 15) is 13.2 Å². The second-order valence-electron chi connectivity index (χ2n) is 7.21. The quantitative estimate of drug-likeness (QED) is 0.769. The minimum Gasteiger partial charge on any atom is -0.484 e. The maximum atomic E-state index is 12.9. The van der Waals surface area contributed by atoms with Gasteiger partial charge in [-0.05, 0) is 51.0 Å². The van der Waals surface area contributed by atoms with Gasteiger partial charge in [-0.3, -0.25) is 9.89 Å². The fourth-order valence-corrected chi connectivity index (χ4v) is 5.32. The van der Waals surface area contributed by atoms with Crippen LogP contribution in [0.2, 0.25) is 5.02 Å². The van der Waals surface area contributed by atoms with Crippen LogP contribution >= 0.6 is 11.6 Å². The molecule has 0 spiro atoms. The number of nitrogens with zero attached hydrogens (tertiary/aromatic N) is 3. The summed E-state index contributed by atoms with van der Waals surface area (Å²) in [5, 5.41) is 7.36. The summed E-state index contributed by atoms with van der Waals surface area (Å²) in [5.74, 6) is 0.410. The number of hydrogen-bond donors (Lipinski definition) is 1. The number of aromatic amines is 1. The van der Waals surface area contributed by atoms with Crippen molar-refractivity contribution < 1.29 is 17.9 Å². The van der Waals surface area contributed by atoms with Crippen molar-refractivity contribution in [3.63, 3.8) is 0 Å². The summed E-state index contributed by atoms with van der Waals surface area (Å²) in [6, 6.07) is 3.59. The van der Waals surface area contributed by atoms with E-state index in [1.807, 2.05) is 13.8 Å². The highest BCUT2D eigenvalue weighted by Gasteiger charge is 2.33. The van der Waals surface area contributed by atoms with Gasteiger partial charge >= 0.3 is 0 Å². The predicted molar refractivity (Wildman–Crippen MR) is 110 cm³/mol. The van der Waals surface area contributed by atoms with Gasteiger partial charge in [0.25, 0.3) is 5.91 Å². The number of piperazine rings is 1. The van der Waals surface area contributed by atoms with E-state index in [0.29, 0.717) is 35.2 Å². The average molecular weight is 441 g/mol. The van der Waals surface area contributed by atoms with Crippen LogP contribution in [0.3, 0.4) is 0 Å². The number of carbonyl (C=O) groups is 1. The largest absolute Gasteiger partial charge is 0.484 e. The van der Waals surface area contributed by atoms with Crippen LogP contribution in [0.1, 0.15) is 22.5 Å². The number of ether oxygens (including phenoxy) is 1. The van der Waals surface area contributed by atoms with Gasteiger partial charge in [0.05, 0.1) is 11.4 Å². The minimum atomic E-state index is -3.64. The van der Waals surface area contributed by atoms with Gasteiger partial charge in [0.2, 0.25) is 10.0 Å². The van der Waals surface area contributed by atoms with Gasteiger partial charge in [-0.25, -0.2) is 8.42 Å². The van der Waals surface area contributed by atoms with E-state index in [0.717, 1.165) is 11.1 Å². The summed E-state index contributed by atoms with van der Waals surface area (Å²) in [4.78, 5) is 14.3. The molecule has 1 fully saturated rings. The van der Waals surface area contributed by atoms with Crippen LogP contribution in [-0.4, -0.2) is 66.5 Å². The molecule has 1 aromatic carbocycles. The number of sulfonamides is 1. The lowest BCUT2D eigenvalue weighted by Gasteiger charge is -2.34. The molecular formula is C19H25ClN4O4S. The molecule has 0 bridgehead atoms. The molecule has 2 aromatic rings. The Balaban J connectivity index is 1.58. The molecule has 0 aliphatic carbocycles. The third-order valence-electron chi connectivity index (χ3n) is 5.02. The van der Waals surface area contributed by atoms with Crippen molar-refractivity contribution in [1.29, 1.82) is 0 Å². The monoisotopic (exact) mass is 440 g/mol. The zero-order chi connectivity index (χ0) is 21.3. The van der Waals surface area contributed by atoms with E-state index in [4.69, 9.17) is 16.3 Å². The minimum absolute atomic E-state index is 0.104. The summed E-state index contributed by atoms with van der Waals surface area (Å²) in [5.41, 5.74) is 2.74. The maximum Gasteiger partial charge on any atom is 0.260 e. The van der Waals surface area contributed by atoms with E-state index in [1.54, 1.807) is 30.9 Å². The van der Waals surface area contributed by atoms with Crippen LogP contribution in [0.25, 0.3) is 0 Å². The smallest absolute Gasteiger partial charge is 0.260 e. The van der Waals surface area contributed by atoms with Crippen molar-refractivity contribution in [1.82, 2.24) is 19.4 Å². The van der Waals surface area contributed by atoms with Crippen molar-refractivity contribution in [3.05, 3.63) is 39.7 Å². The fraction of sp³-hybridized carbons (Fsp3) is 0.474. The van der Waals surface area contributed by atoms with Crippen LogP contribution < -0.4 is 4.74 Å². The van der Waals surface area contributed by atoms with Gasteiger partial charge < -0.3 is 9.64 Å². The second-order valence-corrected chi connectivity index (χ2v) is 9.46. The van der Waals surface area contributed by atoms with Crippen LogP contribution in [0, 0.1) is 27.7 Å². The summed E-state index contributed by atoms with van der Waals surface area (Å²) < 4.78 is 32.8. The van der Waals surface area contributed by atoms with E-state index < -0.39 is 10.0 Å². The van der Waals surface area contributed by atoms with Crippen LogP contribution in [-0.2, 0) is 14.8 Å². The highest BCUT2D eigenvalue weighted by atomic mass is 35.5. The van der Waals surface area contributed by atoms with Gasteiger partial charge in [0.15, 0.2) is 6.61 Å². The first-order valence-corrected chi connectivity index (χ1v) is 11.1. The molecule has 158 valence electrons. The molecule has 8 nitrogen and oxygen atoms in total. The number of amides is 1. The molecule has 1 aromatic heterocycles. The number of carbonyl (C=O) groups excluding carboxylic acids is 1. The SMILES string of the molecule is Cc1cc(OCC(=O)N2CCN(S(=O)(=O)c3c(C)n[nH]c3C)CC2)cc(C)c1Cl. The zero-order valence-corrected chi connectivity index (χ0v) is 18.5. The van der Waals surface area contributed by atoms with Crippen molar-refractivity contribution in [3.8, 4) is 5.75 Å². The number of rotatable bonds is 5. The fourth-order valence-electron chi connectivity index (χ4n) is 3.45. The summed E-state index contributed by atoms with van der Waals surface area (Å²) >= 11 is 6.15. The molecule has 1 N–H and O–H groups in total. The van der Waals surface area contributed by atoms with Gasteiger partial charge in [-0.1, -0.05) is 11.6 Å². The number of H-pyrrole nitrogens is 1. The lowest BCUT2D eigenvalue weighted by Crippen LogP contribution is -2.51. The van der Waals surface area contributed by atoms with Crippen LogP contribution in [0.15, 0.2) is 17.0 Å². The van der Waals surface area contributed by atoms with Crippen molar-refractivity contribution in [2.75, 3.05) is 32.8 Å². The maximum absolute atomic E-state index is 12.9. The topological polar surface area (TPSA) is 95.6 Å². The number of aryl methyl sites for hydroxylation is 4. The Bertz CT molecular complexity index is 984. The Kier molecular flexibility index (Phi) is 6.21. The Hall–Kier alpha value is -2.10. The van der Waals surface area contributed by atoms with E-state index >= 15 is 0 Å². The predicted octanol–water partition coefficient (Wildman–Crippen LogP) is 2.21. The molecule has 0 radical (unpaired) electrons. The van der Waals surface area contributed by atoms with Gasteiger partial charge in [-0.2, -0.15) is 9.40 Å². The molecular weight excluding hydrogens is 416 g/mol. The third kappa shape index (κ3) is 4.41. The van der Waals surface area contributed by atoms with Gasteiger partial charge in [-0.15, -0.1) is 0 Å². The van der Waals surface area contributed by atoms with Crippen molar-refractivity contribution >= 4 is 27.5 Å². The van der Waals surface area contributed by atoms with E-state index in [1.165, 1.54) is 4.31 Å². The Morgan fingerprint density at radius 3 is 2.24 bits per heavy atom. The number of hydrogen-bond acceptors (Lipinski definition) is 5. The van der Waals surface area contributed by atoms with Gasteiger partial charge in [0.1, 0.15) is 10.6 Å². The van der Waals surface area contributed by atoms with Crippen LogP contribution in [0.5, 0.6) is 5.75 Å². The average Bonchev–Trinajstić information content (AvgIpc) is 3.03. The molecule has 3 rings (SSSR count). The first-order valence-electron chi connectivity index (χ1n) is 9.30. The zero-order valence-electron chi connectivity index (χ0n) is 17.0. The molecule has 1 amide bonds. The first-order chi connectivity index (χ1) is 13.6. The molecule has 29 heavy (non-hydrogen) atoms. The Labute approximate surface area is 175 Å². The molecule has 1 aliphatic rings. The summed E-state index contributed by atoms with van der Waals surface area (Å²) in [7, 11) is -3.64. The molecule has 0 saturated carbocycles. The lowest BCUT2D eigenvalue weighted by atomic mass is 10.1. The summed E-state index contributed by atoms with van der Waals surface area (Å²) in [6.45, 7) is 8.10. The lowest BCUT2D eigenvalue weighted by molar-refractivity contribution is -0.134. The van der Waals surface area contributed by atoms with E-state index in [2.05, 4.69) is 10.2 Å². The molecule has 0 atom stereocenters. The number of aromatic nitrogens is 2. The molecule has 2 heterocycles. The molecule has 10 heteroatoms. The number of benzene rings is 1. The first kappa shape index (κ1) is 21.6. The highest BCUT2D eigenvalue weighted by Crippen LogP contribution is 2.26. The van der Waals surface area contributed by atoms with Crippen molar-refractivity contribution in [2.24, 2.45) is 0 Å². The third-order valence-corrected chi connectivity index (χ3v) is 7.78. The van der Waals surface area contributed by atoms with Crippen LogP contribution in [0.4, 0.5) is 0 Å². The van der Waals surface area contributed by atoms with Gasteiger partial charge in [0, 0.05) is 31.2 Å². The Morgan fingerprint density at radius 2 is 1.72 bits per heavy atom. The standard InChI is InChI=1S/C19H25ClN4O4S/c1-12-9-16(10-13(2)18(12)20)28-11-17(25)23-5-7-24(8-6-23)29(26,27)19-14(3)21-22-15(19)4/h9-10H,5-8,11H2,1-4H3,(H,21,22). The van der Waals surface area contributed by atoms with E-state index in [-0.39, 0.29) is 30.5 Å². The normalized spacial score (nSPS) is 15.6. The molecule has 1 saturated heterocycles. The highest BCUT2D eigenvalue weighted by molar-refractivity contribution is 7.89. The Morgan fingerprint density at radius 1 is 1.14 bits per heavy atom. The van der Waals surface area contributed by atoms with Crippen molar-refractivity contribution in [2.45, 2.75) is 32.6 Å².